The van der Waals surface area contributed by atoms with E-state index in [4.69, 9.17) is 16.2 Å². The minimum atomic E-state index is -0.525. The van der Waals surface area contributed by atoms with E-state index in [0.29, 0.717) is 18.3 Å². The number of hydroxylamine groups is 1. The van der Waals surface area contributed by atoms with Crippen molar-refractivity contribution in [2.45, 2.75) is 84.5 Å². The number of benzene rings is 1. The van der Waals surface area contributed by atoms with Crippen molar-refractivity contribution in [1.82, 2.24) is 10.6 Å². The number of unbranched alkanes of at least 4 members (excludes halogenated alkanes) is 1. The highest BCUT2D eigenvalue weighted by Gasteiger charge is 2.26. The molecule has 1 unspecified atom stereocenters. The van der Waals surface area contributed by atoms with Gasteiger partial charge in [-0.2, -0.15) is 5.17 Å². The topological polar surface area (TPSA) is 138 Å². The lowest BCUT2D eigenvalue weighted by atomic mass is 9.99. The lowest BCUT2D eigenvalue weighted by Crippen LogP contribution is -2.44. The Bertz CT molecular complexity index is 910. The third-order valence-corrected chi connectivity index (χ3v) is 7.20. The maximum Gasteiger partial charge on any atom is 0.339 e. The smallest absolute Gasteiger partial charge is 0.339 e. The van der Waals surface area contributed by atoms with Crippen LogP contribution in [0.2, 0.25) is 0 Å². The molecule has 2 aliphatic carbocycles. The van der Waals surface area contributed by atoms with Crippen molar-refractivity contribution in [3.63, 3.8) is 0 Å². The lowest BCUT2D eigenvalue weighted by Gasteiger charge is -2.24. The zero-order chi connectivity index (χ0) is 25.9. The minimum Gasteiger partial charge on any atom is -0.476 e. The Morgan fingerprint density at radius 2 is 1.89 bits per heavy atom. The summed E-state index contributed by atoms with van der Waals surface area (Å²) in [4.78, 5) is 16.7. The van der Waals surface area contributed by atoms with Gasteiger partial charge in [0.2, 0.25) is 5.90 Å². The van der Waals surface area contributed by atoms with Crippen LogP contribution in [0.3, 0.4) is 0 Å². The molecule has 4 rings (SSSR count). The molecular formula is C27H44N6O3. The van der Waals surface area contributed by atoms with Crippen LogP contribution < -0.4 is 22.2 Å². The summed E-state index contributed by atoms with van der Waals surface area (Å²) in [6, 6.07) is 1.78. The van der Waals surface area contributed by atoms with Crippen LogP contribution in [0.25, 0.3) is 0 Å². The first-order valence-electron chi connectivity index (χ1n) is 13.5. The molecule has 9 nitrogen and oxygen atoms in total. The number of nitrogens with one attached hydrogen (secondary N) is 2. The first-order chi connectivity index (χ1) is 17.5. The van der Waals surface area contributed by atoms with Gasteiger partial charge in [0.15, 0.2) is 5.70 Å². The highest BCUT2D eigenvalue weighted by molar-refractivity contribution is 5.95. The monoisotopic (exact) mass is 500 g/mol. The molecule has 7 N–H and O–H groups in total. The second-order valence-corrected chi connectivity index (χ2v) is 9.70. The molecule has 0 saturated heterocycles. The van der Waals surface area contributed by atoms with Crippen molar-refractivity contribution in [3.05, 3.63) is 40.2 Å². The quantitative estimate of drug-likeness (QED) is 0.323. The Labute approximate surface area is 215 Å². The molecule has 1 atom stereocenters. The van der Waals surface area contributed by atoms with Gasteiger partial charge in [0, 0.05) is 24.9 Å². The fourth-order valence-corrected chi connectivity index (χ4v) is 5.09. The Morgan fingerprint density at radius 1 is 1.19 bits per heavy atom. The van der Waals surface area contributed by atoms with Gasteiger partial charge in [-0.25, -0.2) is 15.2 Å². The summed E-state index contributed by atoms with van der Waals surface area (Å²) in [6.07, 6.45) is 13.5. The van der Waals surface area contributed by atoms with E-state index in [2.05, 4.69) is 35.6 Å². The molecule has 0 spiro atoms. The van der Waals surface area contributed by atoms with Gasteiger partial charge >= 0.3 is 6.03 Å². The third-order valence-electron chi connectivity index (χ3n) is 7.20. The number of carbonyl (C=O) groups excluding carboxylic acids is 1. The molecule has 1 aromatic carbocycles. The van der Waals surface area contributed by atoms with Crippen LogP contribution in [0.4, 0.5) is 10.5 Å². The molecule has 0 radical (unpaired) electrons. The molecule has 2 amide bonds. The second kappa shape index (κ2) is 14.1. The number of anilines is 1. The van der Waals surface area contributed by atoms with Crippen LogP contribution in [-0.2, 0) is 30.4 Å². The van der Waals surface area contributed by atoms with Crippen molar-refractivity contribution in [2.75, 3.05) is 25.0 Å². The Kier molecular flexibility index (Phi) is 10.9. The van der Waals surface area contributed by atoms with E-state index in [1.165, 1.54) is 47.9 Å². The maximum absolute atomic E-state index is 12.6. The predicted molar refractivity (Wildman–Crippen MR) is 144 cm³/mol. The van der Waals surface area contributed by atoms with Crippen molar-refractivity contribution in [1.29, 1.82) is 0 Å². The largest absolute Gasteiger partial charge is 0.476 e. The van der Waals surface area contributed by atoms with E-state index in [9.17, 15) is 10.0 Å². The van der Waals surface area contributed by atoms with E-state index in [-0.39, 0.29) is 11.6 Å². The normalized spacial score (nSPS) is 17.1. The van der Waals surface area contributed by atoms with E-state index in [0.717, 1.165) is 69.3 Å². The molecule has 0 fully saturated rings. The third kappa shape index (κ3) is 7.13. The van der Waals surface area contributed by atoms with E-state index in [1.54, 1.807) is 0 Å². The fraction of sp³-hybridized carbons (Fsp3) is 0.630. The van der Waals surface area contributed by atoms with Gasteiger partial charge in [0.1, 0.15) is 0 Å². The van der Waals surface area contributed by atoms with Crippen LogP contribution in [0.5, 0.6) is 0 Å². The first kappa shape index (κ1) is 27.8. The number of aryl methyl sites for hydroxylation is 2. The van der Waals surface area contributed by atoms with Crippen molar-refractivity contribution in [3.8, 4) is 0 Å². The van der Waals surface area contributed by atoms with Gasteiger partial charge in [0.05, 0.1) is 6.61 Å². The van der Waals surface area contributed by atoms with Crippen molar-refractivity contribution in [2.24, 2.45) is 22.4 Å². The molecule has 0 saturated carbocycles. The zero-order valence-corrected chi connectivity index (χ0v) is 21.9. The van der Waals surface area contributed by atoms with Gasteiger partial charge in [-0.1, -0.05) is 39.2 Å². The van der Waals surface area contributed by atoms with E-state index < -0.39 is 6.03 Å². The summed E-state index contributed by atoms with van der Waals surface area (Å²) in [5.41, 5.74) is 19.6. The average Bonchev–Trinajstić information content (AvgIpc) is 3.56. The van der Waals surface area contributed by atoms with Crippen LogP contribution in [0.15, 0.2) is 23.0 Å². The number of carbonyl (C=O) groups is 1. The molecule has 0 aromatic heterocycles. The number of urea groups is 1. The molecule has 1 heterocycles. The number of hydrogen-bond acceptors (Lipinski definition) is 7. The summed E-state index contributed by atoms with van der Waals surface area (Å²) in [6.45, 7) is 6.40. The molecule has 3 aliphatic rings. The van der Waals surface area contributed by atoms with Crippen LogP contribution >= 0.6 is 0 Å². The van der Waals surface area contributed by atoms with Crippen LogP contribution in [-0.4, -0.2) is 42.0 Å². The summed E-state index contributed by atoms with van der Waals surface area (Å²) in [7, 11) is 0. The average molecular weight is 501 g/mol. The summed E-state index contributed by atoms with van der Waals surface area (Å²) in [5, 5.41) is 13.8. The van der Waals surface area contributed by atoms with Crippen LogP contribution in [0, 0.1) is 5.92 Å². The van der Waals surface area contributed by atoms with Crippen molar-refractivity contribution >= 4 is 17.6 Å². The first-order valence-corrected chi connectivity index (χ1v) is 13.5. The standard InChI is InChI=1S/C19H25N5O3.C8H19N/c20-11-16(18-21-8-3-9-27-18)24(26)23-19(25)22-17-14-6-1-4-12(14)10-13-5-2-7-15(13)17;1-3-5-6-8(4-2)7-9/h10-11,26H,1-9,20H2,(H2,22,23,25);8H,3-7,9H2,1-2H3/b16-11+;. The number of rotatable bonds is 9. The van der Waals surface area contributed by atoms with Gasteiger partial charge in [-0.05, 0) is 79.7 Å². The van der Waals surface area contributed by atoms with E-state index in [1.807, 2.05) is 0 Å². The number of fused-ring (bicyclic) bond motifs is 2. The zero-order valence-electron chi connectivity index (χ0n) is 21.9. The molecule has 200 valence electrons. The number of ether oxygens (including phenoxy) is 1. The number of nitrogens with two attached hydrogens (primary N) is 2. The Morgan fingerprint density at radius 3 is 2.42 bits per heavy atom. The molecule has 1 aromatic rings. The number of hydrazine groups is 1. The number of aliphatic imine (C=N–C) groups is 1. The summed E-state index contributed by atoms with van der Waals surface area (Å²) in [5.74, 6) is 0.998. The highest BCUT2D eigenvalue weighted by Crippen LogP contribution is 2.38. The molecular weight excluding hydrogens is 456 g/mol. The Balaban J connectivity index is 0.000000345. The molecule has 9 heteroatoms. The van der Waals surface area contributed by atoms with Gasteiger partial charge in [0.25, 0.3) is 0 Å². The van der Waals surface area contributed by atoms with E-state index >= 15 is 0 Å². The van der Waals surface area contributed by atoms with Gasteiger partial charge in [-0.3, -0.25) is 5.21 Å². The highest BCUT2D eigenvalue weighted by atomic mass is 16.6. The van der Waals surface area contributed by atoms with Crippen LogP contribution in [0.1, 0.15) is 81.0 Å². The van der Waals surface area contributed by atoms with Crippen molar-refractivity contribution < 1.29 is 14.7 Å². The lowest BCUT2D eigenvalue weighted by molar-refractivity contribution is -0.0830. The fourth-order valence-electron chi connectivity index (χ4n) is 5.09. The minimum absolute atomic E-state index is 0.105. The number of nitrogens with zero attached hydrogens (tertiary/aromatic N) is 2. The second-order valence-electron chi connectivity index (χ2n) is 9.70. The summed E-state index contributed by atoms with van der Waals surface area (Å²) < 4.78 is 5.40. The maximum atomic E-state index is 12.6. The number of hydrogen-bond donors (Lipinski definition) is 5. The SMILES string of the molecule is CCCCC(CC)CN.N/C=C(\C1=NCCCO1)N(O)NC(=O)Nc1c2c(cc3c1CCC3)CCC2. The predicted octanol–water partition coefficient (Wildman–Crippen LogP) is 4.17. The van der Waals surface area contributed by atoms with Gasteiger partial charge in [-0.15, -0.1) is 0 Å². The Hall–Kier alpha value is -2.78. The molecule has 36 heavy (non-hydrogen) atoms. The van der Waals surface area contributed by atoms with Gasteiger partial charge < -0.3 is 21.5 Å². The number of amides is 2. The summed E-state index contributed by atoms with van der Waals surface area (Å²) >= 11 is 0. The molecule has 1 aliphatic heterocycles. The molecule has 0 bridgehead atoms.